The highest BCUT2D eigenvalue weighted by Gasteiger charge is 2.63. The number of fused-ring (bicyclic) bond motifs is 1. The molecular formula is C18H20Br2N2O5SSi. The van der Waals surface area contributed by atoms with Crippen molar-refractivity contribution in [3.63, 3.8) is 0 Å². The Labute approximate surface area is 189 Å². The molecule has 1 aromatic rings. The van der Waals surface area contributed by atoms with Crippen molar-refractivity contribution in [3.8, 4) is 0 Å². The van der Waals surface area contributed by atoms with Gasteiger partial charge in [-0.25, -0.2) is 4.79 Å². The van der Waals surface area contributed by atoms with Gasteiger partial charge in [-0.15, -0.1) is 0 Å². The number of carbonyl (C=O) groups is 3. The van der Waals surface area contributed by atoms with Crippen LogP contribution in [0.3, 0.4) is 0 Å². The van der Waals surface area contributed by atoms with E-state index in [1.165, 1.54) is 4.90 Å². The molecule has 29 heavy (non-hydrogen) atoms. The van der Waals surface area contributed by atoms with E-state index in [4.69, 9.17) is 4.43 Å². The molecule has 0 radical (unpaired) electrons. The van der Waals surface area contributed by atoms with E-state index in [0.717, 1.165) is 0 Å². The van der Waals surface area contributed by atoms with Crippen molar-refractivity contribution in [2.75, 3.05) is 5.33 Å². The number of nitrogens with zero attached hydrogens (tertiary/aromatic N) is 1. The summed E-state index contributed by atoms with van der Waals surface area (Å²) in [5.41, 5.74) is 0.987. The molecular weight excluding hydrogens is 544 g/mol. The molecule has 3 rings (SSSR count). The van der Waals surface area contributed by atoms with Gasteiger partial charge in [0.05, 0.1) is 0 Å². The summed E-state index contributed by atoms with van der Waals surface area (Å²) in [6.45, 7) is 5.60. The molecule has 1 aromatic carbocycles. The van der Waals surface area contributed by atoms with Gasteiger partial charge >= 0.3 is 5.97 Å². The molecule has 3 unspecified atom stereocenters. The minimum atomic E-state index is -2.22. The Morgan fingerprint density at radius 3 is 2.45 bits per heavy atom. The van der Waals surface area contributed by atoms with E-state index in [1.807, 2.05) is 19.6 Å². The lowest BCUT2D eigenvalue weighted by Gasteiger charge is -2.50. The van der Waals surface area contributed by atoms with Crippen molar-refractivity contribution in [2.45, 2.75) is 35.2 Å². The number of benzene rings is 1. The smallest absolute Gasteiger partial charge is 0.342 e. The lowest BCUT2D eigenvalue weighted by atomic mass is 10.0. The first kappa shape index (κ1) is 22.5. The van der Waals surface area contributed by atoms with Crippen LogP contribution in [-0.2, 0) is 25.2 Å². The number of hydrogen-bond acceptors (Lipinski definition) is 5. The number of rotatable bonds is 5. The van der Waals surface area contributed by atoms with Gasteiger partial charge in [0, 0.05) is 16.5 Å². The van der Waals surface area contributed by atoms with E-state index < -0.39 is 52.9 Å². The van der Waals surface area contributed by atoms with Gasteiger partial charge in [-0.3, -0.25) is 14.5 Å². The number of β-lactam (4-membered cyclic amide) rings is 1. The van der Waals surface area contributed by atoms with Gasteiger partial charge in [-0.05, 0) is 58.9 Å². The fraction of sp³-hybridized carbons (Fsp3) is 0.389. The Balaban J connectivity index is 1.90. The average molecular weight is 564 g/mol. The van der Waals surface area contributed by atoms with Crippen molar-refractivity contribution in [2.24, 2.45) is 0 Å². The number of alkyl halides is 2. The Morgan fingerprint density at radius 2 is 1.90 bits per heavy atom. The summed E-state index contributed by atoms with van der Waals surface area (Å²) in [7, 11) is -2.22. The molecule has 0 bridgehead atoms. The Bertz CT molecular complexity index is 877. The van der Waals surface area contributed by atoms with Crippen LogP contribution in [0.15, 0.2) is 41.6 Å². The van der Waals surface area contributed by atoms with Crippen molar-refractivity contribution in [1.82, 2.24) is 10.2 Å². The Morgan fingerprint density at radius 1 is 1.28 bits per heavy atom. The largest absolute Gasteiger partial charge is 0.614 e. The van der Waals surface area contributed by atoms with Gasteiger partial charge in [-0.1, -0.05) is 34.1 Å². The molecule has 7 nitrogen and oxygen atoms in total. The summed E-state index contributed by atoms with van der Waals surface area (Å²) in [5, 5.41) is 2.06. The second kappa shape index (κ2) is 8.54. The second-order valence-corrected chi connectivity index (χ2v) is 15.7. The third-order valence-electron chi connectivity index (χ3n) is 4.36. The average Bonchev–Trinajstić information content (AvgIpc) is 2.66. The van der Waals surface area contributed by atoms with Gasteiger partial charge in [0.25, 0.3) is 11.8 Å². The molecule has 0 aliphatic carbocycles. The van der Waals surface area contributed by atoms with Crippen LogP contribution < -0.4 is 5.32 Å². The van der Waals surface area contributed by atoms with E-state index in [0.29, 0.717) is 11.1 Å². The maximum atomic E-state index is 13.0. The fourth-order valence-corrected chi connectivity index (χ4v) is 7.61. The lowest BCUT2D eigenvalue weighted by Crippen LogP contribution is -2.75. The molecule has 1 saturated heterocycles. The number of carbonyl (C=O) groups excluding carboxylic acids is 3. The number of nitrogens with one attached hydrogen (secondary N) is 1. The minimum Gasteiger partial charge on any atom is -0.614 e. The minimum absolute atomic E-state index is 0.103. The van der Waals surface area contributed by atoms with E-state index in [9.17, 15) is 18.9 Å². The number of hydrogen-bond donors (Lipinski definition) is 1. The zero-order chi connectivity index (χ0) is 21.5. The van der Waals surface area contributed by atoms with E-state index in [2.05, 4.69) is 37.2 Å². The lowest BCUT2D eigenvalue weighted by molar-refractivity contribution is -0.148. The monoisotopic (exact) mass is 562 g/mol. The highest BCUT2D eigenvalue weighted by molar-refractivity contribution is 9.11. The molecule has 11 heteroatoms. The molecule has 0 spiro atoms. The maximum Gasteiger partial charge on any atom is 0.342 e. The van der Waals surface area contributed by atoms with E-state index in [-0.39, 0.29) is 11.0 Å². The predicted molar refractivity (Wildman–Crippen MR) is 119 cm³/mol. The van der Waals surface area contributed by atoms with Crippen LogP contribution in [0.2, 0.25) is 19.6 Å². The molecule has 1 N–H and O–H groups in total. The van der Waals surface area contributed by atoms with Crippen LogP contribution in [0, 0.1) is 0 Å². The zero-order valence-corrected chi connectivity index (χ0v) is 21.0. The van der Waals surface area contributed by atoms with Gasteiger partial charge in [0.1, 0.15) is 5.70 Å². The van der Waals surface area contributed by atoms with Gasteiger partial charge in [0.15, 0.2) is 10.2 Å². The summed E-state index contributed by atoms with van der Waals surface area (Å²) in [6.07, 6.45) is 0. The van der Waals surface area contributed by atoms with Gasteiger partial charge in [-0.2, -0.15) is 0 Å². The topological polar surface area (TPSA) is 98.8 Å². The molecule has 2 amide bonds. The SMILES string of the molecule is C[Si](C)(C)OC(=O)C1=C(CBr)C(Br)[S+]([O-])[C@H]2C(NC(=O)c3ccccc3)C(=O)N12. The van der Waals surface area contributed by atoms with E-state index >= 15 is 0 Å². The normalized spacial score (nSPS) is 26.6. The summed E-state index contributed by atoms with van der Waals surface area (Å²) in [5.74, 6) is -1.52. The molecule has 2 heterocycles. The van der Waals surface area contributed by atoms with Crippen molar-refractivity contribution in [3.05, 3.63) is 47.2 Å². The summed E-state index contributed by atoms with van der Waals surface area (Å²) >= 11 is 5.15. The first-order valence-corrected chi connectivity index (χ1v) is 15.5. The quantitative estimate of drug-likeness (QED) is 0.257. The molecule has 4 atom stereocenters. The predicted octanol–water partition coefficient (Wildman–Crippen LogP) is 2.46. The Kier molecular flexibility index (Phi) is 6.64. The molecule has 2 aliphatic heterocycles. The number of halogens is 2. The highest BCUT2D eigenvalue weighted by atomic mass is 79.9. The van der Waals surface area contributed by atoms with Crippen LogP contribution in [0.4, 0.5) is 0 Å². The highest BCUT2D eigenvalue weighted by Crippen LogP contribution is 2.43. The second-order valence-electron chi connectivity index (χ2n) is 7.57. The maximum absolute atomic E-state index is 13.0. The zero-order valence-electron chi connectivity index (χ0n) is 16.0. The van der Waals surface area contributed by atoms with Crippen LogP contribution >= 0.6 is 31.9 Å². The summed E-state index contributed by atoms with van der Waals surface area (Å²) in [4.78, 5) is 39.4. The molecule has 2 aliphatic rings. The van der Waals surface area contributed by atoms with Gasteiger partial charge in [0.2, 0.25) is 13.7 Å². The number of amides is 2. The van der Waals surface area contributed by atoms with Crippen LogP contribution in [0.1, 0.15) is 10.4 Å². The third-order valence-corrected chi connectivity index (χ3v) is 9.07. The van der Waals surface area contributed by atoms with Crippen LogP contribution in [0.5, 0.6) is 0 Å². The molecule has 156 valence electrons. The Hall–Kier alpha value is -1.14. The van der Waals surface area contributed by atoms with Crippen LogP contribution in [-0.4, -0.2) is 56.5 Å². The van der Waals surface area contributed by atoms with Crippen molar-refractivity contribution < 1.29 is 23.4 Å². The fourth-order valence-electron chi connectivity index (χ4n) is 3.09. The van der Waals surface area contributed by atoms with Gasteiger partial charge < -0.3 is 14.3 Å². The van der Waals surface area contributed by atoms with E-state index in [1.54, 1.807) is 30.3 Å². The third kappa shape index (κ3) is 4.34. The first-order chi connectivity index (χ1) is 13.6. The first-order valence-electron chi connectivity index (χ1n) is 8.81. The van der Waals surface area contributed by atoms with Crippen molar-refractivity contribution >= 4 is 69.1 Å². The molecule has 0 aromatic heterocycles. The van der Waals surface area contributed by atoms with Crippen molar-refractivity contribution in [1.29, 1.82) is 0 Å². The van der Waals surface area contributed by atoms with Crippen LogP contribution in [0.25, 0.3) is 0 Å². The molecule has 0 saturated carbocycles. The standard InChI is InChI=1S/C18H20Br2N2O5SSi/c1-29(2,3)27-18(25)13-11(9-19)14(20)28(26)17-12(16(24)22(13)17)21-15(23)10-7-5-4-6-8-10/h4-8,12,14,17H,9H2,1-3H3,(H,21,23)/t12?,14?,17-,28?/m0/s1. The summed E-state index contributed by atoms with van der Waals surface area (Å²) in [6, 6.07) is 7.48. The summed E-state index contributed by atoms with van der Waals surface area (Å²) < 4.78 is 18.0. The molecule has 1 fully saturated rings.